The molecule has 156 valence electrons. The number of methoxy groups -OCH3 is 1. The van der Waals surface area contributed by atoms with Crippen LogP contribution in [0.5, 0.6) is 5.75 Å². The lowest BCUT2D eigenvalue weighted by Gasteiger charge is -2.21. The van der Waals surface area contributed by atoms with Crippen LogP contribution in [0.3, 0.4) is 0 Å². The Labute approximate surface area is 184 Å². The molecule has 0 unspecified atom stereocenters. The molecule has 7 nitrogen and oxygen atoms in total. The number of carbonyl (C=O) groups excluding carboxylic acids is 1. The van der Waals surface area contributed by atoms with Crippen molar-refractivity contribution in [2.75, 3.05) is 25.3 Å². The Hall–Kier alpha value is -2.93. The lowest BCUT2D eigenvalue weighted by molar-refractivity contribution is 0.111. The van der Waals surface area contributed by atoms with Gasteiger partial charge in [0.1, 0.15) is 11.4 Å². The number of hydrogen-bond donors (Lipinski definition) is 1. The summed E-state index contributed by atoms with van der Waals surface area (Å²) in [5.41, 5.74) is 2.72. The molecule has 0 aliphatic rings. The fraction of sp³-hybridized carbons (Fsp3) is 0.238. The monoisotopic (exact) mass is 441 g/mol. The molecule has 0 amide bonds. The number of anilines is 2. The molecule has 0 bridgehead atoms. The Bertz CT molecular complexity index is 980. The number of nitrogens with zero attached hydrogens (tertiary/aromatic N) is 4. The molecule has 0 aliphatic carbocycles. The van der Waals surface area contributed by atoms with E-state index in [1.165, 1.54) is 11.3 Å². The van der Waals surface area contributed by atoms with Crippen LogP contribution in [0.25, 0.3) is 0 Å². The summed E-state index contributed by atoms with van der Waals surface area (Å²) in [5.74, 6) is 0.687. The second-order valence-corrected chi connectivity index (χ2v) is 7.90. The average Bonchev–Trinajstić information content (AvgIpc) is 3.18. The second kappa shape index (κ2) is 11.9. The molecule has 0 radical (unpaired) electrons. The van der Waals surface area contributed by atoms with E-state index in [0.717, 1.165) is 22.5 Å². The molecule has 1 aromatic carbocycles. The molecule has 0 spiro atoms. The highest BCUT2D eigenvalue weighted by molar-refractivity contribution is 7.96. The van der Waals surface area contributed by atoms with Crippen molar-refractivity contribution in [2.45, 2.75) is 13.5 Å². The zero-order chi connectivity index (χ0) is 21.9. The normalized spacial score (nSPS) is 9.83. The number of hydrogen-bond acceptors (Lipinski definition) is 9. The topological polar surface area (TPSA) is 91.1 Å². The Kier molecular flexibility index (Phi) is 9.28. The molecule has 30 heavy (non-hydrogen) atoms. The highest BCUT2D eigenvalue weighted by Crippen LogP contribution is 2.32. The molecule has 9 heteroatoms. The second-order valence-electron chi connectivity index (χ2n) is 5.90. The van der Waals surface area contributed by atoms with Crippen LogP contribution in [-0.4, -0.2) is 36.7 Å². The molecule has 0 saturated heterocycles. The molecule has 3 rings (SSSR count). The molecule has 2 aromatic heterocycles. The number of rotatable bonds is 7. The van der Waals surface area contributed by atoms with Crippen molar-refractivity contribution >= 4 is 40.4 Å². The zero-order valence-corrected chi connectivity index (χ0v) is 18.9. The highest BCUT2D eigenvalue weighted by atomic mass is 32.2. The first kappa shape index (κ1) is 23.3. The van der Waals surface area contributed by atoms with Crippen LogP contribution in [0.15, 0.2) is 42.6 Å². The van der Waals surface area contributed by atoms with Crippen molar-refractivity contribution in [3.63, 3.8) is 0 Å². The Balaban J connectivity index is 0.000000735. The van der Waals surface area contributed by atoms with Gasteiger partial charge in [0.2, 0.25) is 0 Å². The van der Waals surface area contributed by atoms with Crippen LogP contribution >= 0.6 is 23.3 Å². The van der Waals surface area contributed by atoms with Gasteiger partial charge >= 0.3 is 0 Å². The summed E-state index contributed by atoms with van der Waals surface area (Å²) in [6, 6.07) is 13.1. The van der Waals surface area contributed by atoms with Crippen molar-refractivity contribution in [1.29, 1.82) is 5.26 Å². The number of nitrogens with one attached hydrogen (secondary N) is 1. The van der Waals surface area contributed by atoms with E-state index in [4.69, 9.17) is 10.00 Å². The van der Waals surface area contributed by atoms with E-state index in [2.05, 4.69) is 20.8 Å². The van der Waals surface area contributed by atoms with Crippen LogP contribution in [0, 0.1) is 18.3 Å². The number of nitriles is 1. The average molecular weight is 442 g/mol. The van der Waals surface area contributed by atoms with E-state index in [1.807, 2.05) is 49.4 Å². The number of pyridine rings is 1. The SMILES string of the molecule is CNSC.COc1ccc(CN(c2ccc(C#N)cc2)c2nc(C=O)c(C)s2)nc1. The van der Waals surface area contributed by atoms with Crippen LogP contribution < -0.4 is 14.4 Å². The lowest BCUT2D eigenvalue weighted by Crippen LogP contribution is -2.17. The maximum Gasteiger partial charge on any atom is 0.191 e. The Morgan fingerprint density at radius 2 is 2.00 bits per heavy atom. The summed E-state index contributed by atoms with van der Waals surface area (Å²) in [6.45, 7) is 2.34. The van der Waals surface area contributed by atoms with Gasteiger partial charge in [-0.3, -0.25) is 14.5 Å². The molecule has 1 N–H and O–H groups in total. The largest absolute Gasteiger partial charge is 0.495 e. The number of ether oxygens (including phenoxy) is 1. The summed E-state index contributed by atoms with van der Waals surface area (Å²) < 4.78 is 7.99. The van der Waals surface area contributed by atoms with Gasteiger partial charge in [-0.05, 0) is 56.6 Å². The first-order valence-electron chi connectivity index (χ1n) is 8.95. The van der Waals surface area contributed by atoms with Gasteiger partial charge in [-0.15, -0.1) is 11.3 Å². The van der Waals surface area contributed by atoms with E-state index in [1.54, 1.807) is 37.4 Å². The summed E-state index contributed by atoms with van der Waals surface area (Å²) >= 11 is 3.05. The first-order chi connectivity index (χ1) is 14.6. The minimum absolute atomic E-state index is 0.436. The number of aromatic nitrogens is 2. The Morgan fingerprint density at radius 3 is 2.47 bits per heavy atom. The van der Waals surface area contributed by atoms with Crippen molar-refractivity contribution < 1.29 is 9.53 Å². The van der Waals surface area contributed by atoms with Gasteiger partial charge in [-0.1, -0.05) is 11.9 Å². The van der Waals surface area contributed by atoms with E-state index >= 15 is 0 Å². The van der Waals surface area contributed by atoms with Crippen LogP contribution in [0.4, 0.5) is 10.8 Å². The van der Waals surface area contributed by atoms with Crippen LogP contribution in [0.1, 0.15) is 26.6 Å². The summed E-state index contributed by atoms with van der Waals surface area (Å²) in [4.78, 5) is 22.9. The standard InChI is InChI=1S/C19H16N4O2S.C2H7NS/c1-13-18(12-24)22-19(26-13)23(16-6-3-14(9-20)4-7-16)11-15-5-8-17(25-2)10-21-15;1-3-4-2/h3-8,10,12H,11H2,1-2H3;3H,1-2H3. The lowest BCUT2D eigenvalue weighted by atomic mass is 10.2. The van der Waals surface area contributed by atoms with Crippen molar-refractivity contribution in [3.8, 4) is 11.8 Å². The quantitative estimate of drug-likeness (QED) is 0.427. The number of carbonyl (C=O) groups is 1. The van der Waals surface area contributed by atoms with Gasteiger partial charge in [0.05, 0.1) is 37.2 Å². The summed E-state index contributed by atoms with van der Waals surface area (Å²) in [5, 5.41) is 9.71. The number of benzene rings is 1. The van der Waals surface area contributed by atoms with E-state index in [9.17, 15) is 4.79 Å². The van der Waals surface area contributed by atoms with Crippen molar-refractivity contribution in [2.24, 2.45) is 0 Å². The molecular weight excluding hydrogens is 418 g/mol. The maximum atomic E-state index is 11.2. The molecule has 0 aliphatic heterocycles. The van der Waals surface area contributed by atoms with E-state index in [0.29, 0.717) is 28.7 Å². The molecule has 2 heterocycles. The minimum atomic E-state index is 0.436. The molecular formula is C21H23N5O2S2. The highest BCUT2D eigenvalue weighted by Gasteiger charge is 2.17. The molecule has 0 atom stereocenters. The fourth-order valence-electron chi connectivity index (χ4n) is 2.39. The van der Waals surface area contributed by atoms with Crippen molar-refractivity contribution in [1.82, 2.24) is 14.7 Å². The number of thiazole rings is 1. The van der Waals surface area contributed by atoms with Crippen LogP contribution in [0.2, 0.25) is 0 Å². The molecule has 0 fully saturated rings. The summed E-state index contributed by atoms with van der Waals surface area (Å²) in [6.07, 6.45) is 4.41. The van der Waals surface area contributed by atoms with Gasteiger partial charge in [0.25, 0.3) is 0 Å². The smallest absolute Gasteiger partial charge is 0.191 e. The third-order valence-corrected chi connectivity index (χ3v) is 5.45. The third kappa shape index (κ3) is 6.29. The summed E-state index contributed by atoms with van der Waals surface area (Å²) in [7, 11) is 3.49. The van der Waals surface area contributed by atoms with Gasteiger partial charge in [-0.25, -0.2) is 4.98 Å². The Morgan fingerprint density at radius 1 is 1.30 bits per heavy atom. The minimum Gasteiger partial charge on any atom is -0.495 e. The van der Waals surface area contributed by atoms with Gasteiger partial charge in [0, 0.05) is 10.6 Å². The van der Waals surface area contributed by atoms with Gasteiger partial charge < -0.3 is 9.64 Å². The van der Waals surface area contributed by atoms with Gasteiger partial charge in [0.15, 0.2) is 11.4 Å². The van der Waals surface area contributed by atoms with E-state index < -0.39 is 0 Å². The number of aldehydes is 1. The zero-order valence-electron chi connectivity index (χ0n) is 17.2. The van der Waals surface area contributed by atoms with Crippen molar-refractivity contribution in [3.05, 3.63) is 64.4 Å². The predicted octanol–water partition coefficient (Wildman–Crippen LogP) is 4.36. The molecule has 0 saturated carbocycles. The van der Waals surface area contributed by atoms with E-state index in [-0.39, 0.29) is 0 Å². The predicted molar refractivity (Wildman–Crippen MR) is 123 cm³/mol. The third-order valence-electron chi connectivity index (χ3n) is 4.03. The number of aryl methyl sites for hydroxylation is 1. The molecule has 3 aromatic rings. The van der Waals surface area contributed by atoms with Crippen LogP contribution in [-0.2, 0) is 6.54 Å². The fourth-order valence-corrected chi connectivity index (χ4v) is 3.29. The first-order valence-corrected chi connectivity index (χ1v) is 11.0. The maximum absolute atomic E-state index is 11.2. The van der Waals surface area contributed by atoms with Gasteiger partial charge in [-0.2, -0.15) is 5.26 Å².